The fourth-order valence-electron chi connectivity index (χ4n) is 2.02. The summed E-state index contributed by atoms with van der Waals surface area (Å²) in [6.45, 7) is 4.50. The first kappa shape index (κ1) is 12.3. The number of para-hydroxylation sites is 1. The van der Waals surface area contributed by atoms with Crippen molar-refractivity contribution in [3.8, 4) is 0 Å². The van der Waals surface area contributed by atoms with E-state index in [4.69, 9.17) is 0 Å². The van der Waals surface area contributed by atoms with Crippen molar-refractivity contribution in [1.82, 2.24) is 5.32 Å². The van der Waals surface area contributed by atoms with E-state index >= 15 is 0 Å². The maximum Gasteiger partial charge on any atom is 0.220 e. The van der Waals surface area contributed by atoms with Gasteiger partial charge in [0.15, 0.2) is 0 Å². The lowest BCUT2D eigenvalue weighted by Crippen LogP contribution is -2.36. The van der Waals surface area contributed by atoms with E-state index in [0.29, 0.717) is 0 Å². The number of nitrogens with one attached hydrogen (secondary N) is 1. The number of pyridine rings is 1. The smallest absolute Gasteiger partial charge is 0.220 e. The van der Waals surface area contributed by atoms with Gasteiger partial charge in [-0.15, -0.1) is 0 Å². The largest absolute Gasteiger partial charge is 0.333 e. The minimum Gasteiger partial charge on any atom is -0.333 e. The van der Waals surface area contributed by atoms with Gasteiger partial charge in [0, 0.05) is 36.7 Å². The monoisotopic (exact) mass is 241 g/mol. The van der Waals surface area contributed by atoms with Gasteiger partial charge in [-0.1, -0.05) is 12.1 Å². The molecule has 0 unspecified atom stereocenters. The lowest BCUT2D eigenvalue weighted by atomic mass is 10.2. The first-order valence-corrected chi connectivity index (χ1v) is 6.07. The van der Waals surface area contributed by atoms with E-state index in [9.17, 15) is 4.79 Å². The third kappa shape index (κ3) is 2.56. The molecule has 0 spiro atoms. The summed E-state index contributed by atoms with van der Waals surface area (Å²) in [5.74, 6) is -0.0601. The van der Waals surface area contributed by atoms with Gasteiger partial charge in [0.25, 0.3) is 0 Å². The molecule has 3 nitrogen and oxygen atoms in total. The summed E-state index contributed by atoms with van der Waals surface area (Å²) in [5, 5.41) is 3.88. The molecule has 1 aromatic carbocycles. The number of benzene rings is 1. The van der Waals surface area contributed by atoms with Gasteiger partial charge in [-0.3, -0.25) is 4.79 Å². The molecule has 0 aliphatic heterocycles. The highest BCUT2D eigenvalue weighted by Gasteiger charge is 2.10. The number of amides is 1. The van der Waals surface area contributed by atoms with E-state index in [2.05, 4.69) is 41.1 Å². The first-order valence-electron chi connectivity index (χ1n) is 6.07. The molecule has 0 saturated carbocycles. The number of nitrogens with zero attached hydrogens (tertiary/aromatic N) is 1. The summed E-state index contributed by atoms with van der Waals surface area (Å²) in [4.78, 5) is 10.8. The van der Waals surface area contributed by atoms with Crippen LogP contribution in [0.2, 0.25) is 0 Å². The van der Waals surface area contributed by atoms with Crippen molar-refractivity contribution in [1.29, 1.82) is 0 Å². The van der Waals surface area contributed by atoms with Crippen LogP contribution in [0.5, 0.6) is 0 Å². The van der Waals surface area contributed by atoms with E-state index in [1.807, 2.05) is 18.2 Å². The normalized spacial score (nSPS) is 11.0. The van der Waals surface area contributed by atoms with E-state index < -0.39 is 0 Å². The van der Waals surface area contributed by atoms with E-state index in [1.165, 1.54) is 17.8 Å². The third-order valence-electron chi connectivity index (χ3n) is 2.83. The van der Waals surface area contributed by atoms with Crippen LogP contribution in [-0.2, 0) is 11.3 Å². The molecule has 3 heteroatoms. The van der Waals surface area contributed by atoms with Crippen LogP contribution < -0.4 is 9.88 Å². The second-order valence-electron chi connectivity index (χ2n) is 4.10. The van der Waals surface area contributed by atoms with Gasteiger partial charge in [-0.05, 0) is 19.1 Å². The highest BCUT2D eigenvalue weighted by atomic mass is 16.1. The predicted octanol–water partition coefficient (Wildman–Crippen LogP) is 2.25. The van der Waals surface area contributed by atoms with Crippen molar-refractivity contribution in [2.24, 2.45) is 0 Å². The number of rotatable bonds is 3. The third-order valence-corrected chi connectivity index (χ3v) is 2.83. The standard InChI is InChI=1S/C15H16N2O/c1-3-17-14(10-11-16-12(2)18)9-8-13-6-4-5-7-15(13)17/h4-11H,3H2,1-2H3/p+1. The average molecular weight is 241 g/mol. The number of hydrogen-bond acceptors (Lipinski definition) is 1. The predicted molar refractivity (Wildman–Crippen MR) is 72.7 cm³/mol. The van der Waals surface area contributed by atoms with E-state index in [-0.39, 0.29) is 5.91 Å². The summed E-state index contributed by atoms with van der Waals surface area (Å²) < 4.78 is 2.22. The SMILES string of the molecule is CC[n+]1c(/C=C/NC(C)=O)ccc2ccccc21. The van der Waals surface area contributed by atoms with Crippen LogP contribution in [0, 0.1) is 0 Å². The molecule has 92 valence electrons. The highest BCUT2D eigenvalue weighted by molar-refractivity contribution is 5.77. The Kier molecular flexibility index (Phi) is 3.72. The second kappa shape index (κ2) is 5.45. The number of aryl methyl sites for hydroxylation is 1. The molecular formula is C15H17N2O+. The quantitative estimate of drug-likeness (QED) is 0.821. The Labute approximate surface area is 107 Å². The van der Waals surface area contributed by atoms with Crippen LogP contribution in [0.15, 0.2) is 42.6 Å². The zero-order chi connectivity index (χ0) is 13.0. The highest BCUT2D eigenvalue weighted by Crippen LogP contribution is 2.11. The number of hydrogen-bond donors (Lipinski definition) is 1. The number of aromatic nitrogens is 1. The van der Waals surface area contributed by atoms with Gasteiger partial charge in [0.1, 0.15) is 6.54 Å². The Morgan fingerprint density at radius 3 is 2.78 bits per heavy atom. The molecule has 0 bridgehead atoms. The van der Waals surface area contributed by atoms with Crippen molar-refractivity contribution in [3.05, 3.63) is 48.3 Å². The summed E-state index contributed by atoms with van der Waals surface area (Å²) in [6, 6.07) is 12.4. The van der Waals surface area contributed by atoms with Crippen LogP contribution in [0.3, 0.4) is 0 Å². The summed E-state index contributed by atoms with van der Waals surface area (Å²) in [7, 11) is 0. The summed E-state index contributed by atoms with van der Waals surface area (Å²) >= 11 is 0. The van der Waals surface area contributed by atoms with Gasteiger partial charge in [0.05, 0.1) is 0 Å². The molecule has 0 radical (unpaired) electrons. The molecule has 2 aromatic rings. The maximum absolute atomic E-state index is 10.8. The fourth-order valence-corrected chi connectivity index (χ4v) is 2.02. The van der Waals surface area contributed by atoms with Gasteiger partial charge in [-0.2, -0.15) is 4.57 Å². The molecule has 1 heterocycles. The number of carbonyl (C=O) groups excluding carboxylic acids is 1. The molecule has 1 aromatic heterocycles. The van der Waals surface area contributed by atoms with Crippen molar-refractivity contribution in [2.45, 2.75) is 20.4 Å². The number of fused-ring (bicyclic) bond motifs is 1. The Bertz CT molecular complexity index is 602. The van der Waals surface area contributed by atoms with Gasteiger partial charge in [-0.25, -0.2) is 0 Å². The van der Waals surface area contributed by atoms with Crippen molar-refractivity contribution >= 4 is 22.9 Å². The van der Waals surface area contributed by atoms with E-state index in [0.717, 1.165) is 12.2 Å². The molecule has 0 saturated heterocycles. The van der Waals surface area contributed by atoms with E-state index in [1.54, 1.807) is 6.20 Å². The minimum absolute atomic E-state index is 0.0601. The molecule has 0 atom stereocenters. The zero-order valence-corrected chi connectivity index (χ0v) is 10.7. The molecule has 0 aliphatic rings. The van der Waals surface area contributed by atoms with Crippen molar-refractivity contribution in [2.75, 3.05) is 0 Å². The molecular weight excluding hydrogens is 224 g/mol. The van der Waals surface area contributed by atoms with Crippen LogP contribution >= 0.6 is 0 Å². The topological polar surface area (TPSA) is 33.0 Å². The molecule has 0 fully saturated rings. The lowest BCUT2D eigenvalue weighted by Gasteiger charge is -2.02. The van der Waals surface area contributed by atoms with Crippen molar-refractivity contribution < 1.29 is 9.36 Å². The Hall–Kier alpha value is -2.16. The molecule has 1 N–H and O–H groups in total. The number of carbonyl (C=O) groups is 1. The van der Waals surface area contributed by atoms with Gasteiger partial charge >= 0.3 is 0 Å². The Balaban J connectivity index is 2.44. The van der Waals surface area contributed by atoms with Crippen LogP contribution in [-0.4, -0.2) is 5.91 Å². The first-order chi connectivity index (χ1) is 8.72. The van der Waals surface area contributed by atoms with Crippen LogP contribution in [0.4, 0.5) is 0 Å². The van der Waals surface area contributed by atoms with Crippen molar-refractivity contribution in [3.63, 3.8) is 0 Å². The lowest BCUT2D eigenvalue weighted by molar-refractivity contribution is -0.669. The zero-order valence-electron chi connectivity index (χ0n) is 10.7. The Morgan fingerprint density at radius 2 is 2.06 bits per heavy atom. The van der Waals surface area contributed by atoms with Crippen LogP contribution in [0.25, 0.3) is 17.0 Å². The second-order valence-corrected chi connectivity index (χ2v) is 4.10. The minimum atomic E-state index is -0.0601. The molecule has 0 aliphatic carbocycles. The molecule has 2 rings (SSSR count). The summed E-state index contributed by atoms with van der Waals surface area (Å²) in [6.07, 6.45) is 3.59. The van der Waals surface area contributed by atoms with Crippen LogP contribution in [0.1, 0.15) is 19.5 Å². The fraction of sp³-hybridized carbons (Fsp3) is 0.200. The average Bonchev–Trinajstić information content (AvgIpc) is 2.38. The van der Waals surface area contributed by atoms with Gasteiger partial charge < -0.3 is 5.32 Å². The Morgan fingerprint density at radius 1 is 1.28 bits per heavy atom. The summed E-state index contributed by atoms with van der Waals surface area (Å²) in [5.41, 5.74) is 2.27. The van der Waals surface area contributed by atoms with Gasteiger partial charge in [0.2, 0.25) is 17.1 Å². The molecule has 1 amide bonds. The molecule has 18 heavy (non-hydrogen) atoms. The maximum atomic E-state index is 10.8.